The lowest BCUT2D eigenvalue weighted by atomic mass is 10.0. The van der Waals surface area contributed by atoms with Gasteiger partial charge in [-0.2, -0.15) is 5.10 Å². The number of nitrogens with one attached hydrogen (secondary N) is 2. The van der Waals surface area contributed by atoms with Crippen LogP contribution in [0.4, 0.5) is 0 Å². The Balaban J connectivity index is 2.03. The Morgan fingerprint density at radius 2 is 1.87 bits per heavy atom. The summed E-state index contributed by atoms with van der Waals surface area (Å²) >= 11 is 11.9. The van der Waals surface area contributed by atoms with Crippen LogP contribution >= 0.6 is 23.2 Å². The SMILES string of the molecule is CCCCOc1ccccc1C=NNC(=O)C(NC(=O)c1ccc(Cl)c(Cl)c1)C(C)C. The third-order valence-corrected chi connectivity index (χ3v) is 5.21. The molecule has 8 heteroatoms. The maximum absolute atomic E-state index is 12.6. The van der Waals surface area contributed by atoms with Crippen LogP contribution < -0.4 is 15.5 Å². The highest BCUT2D eigenvalue weighted by Gasteiger charge is 2.24. The van der Waals surface area contributed by atoms with Crippen molar-refractivity contribution >= 4 is 41.2 Å². The zero-order valence-electron chi connectivity index (χ0n) is 17.8. The predicted octanol–water partition coefficient (Wildman–Crippen LogP) is 5.08. The van der Waals surface area contributed by atoms with Crippen molar-refractivity contribution in [1.82, 2.24) is 10.7 Å². The number of amides is 2. The van der Waals surface area contributed by atoms with Crippen LogP contribution in [-0.4, -0.2) is 30.7 Å². The van der Waals surface area contributed by atoms with E-state index in [1.807, 2.05) is 38.1 Å². The molecule has 0 heterocycles. The minimum Gasteiger partial charge on any atom is -0.493 e. The molecule has 0 aliphatic carbocycles. The van der Waals surface area contributed by atoms with Crippen LogP contribution in [0.25, 0.3) is 0 Å². The number of carbonyl (C=O) groups excluding carboxylic acids is 2. The second kappa shape index (κ2) is 12.3. The monoisotopic (exact) mass is 463 g/mol. The van der Waals surface area contributed by atoms with Crippen molar-refractivity contribution < 1.29 is 14.3 Å². The summed E-state index contributed by atoms with van der Waals surface area (Å²) < 4.78 is 5.76. The average Bonchev–Trinajstić information content (AvgIpc) is 2.74. The van der Waals surface area contributed by atoms with E-state index in [1.54, 1.807) is 6.07 Å². The van der Waals surface area contributed by atoms with Gasteiger partial charge in [0.05, 0.1) is 22.9 Å². The topological polar surface area (TPSA) is 79.8 Å². The van der Waals surface area contributed by atoms with Gasteiger partial charge in [-0.3, -0.25) is 9.59 Å². The standard InChI is InChI=1S/C23H27Cl2N3O3/c1-4-5-12-31-20-9-7-6-8-17(20)14-26-28-23(30)21(15(2)3)27-22(29)16-10-11-18(24)19(25)13-16/h6-11,13-15,21H,4-5,12H2,1-3H3,(H,27,29)(H,28,30). The van der Waals surface area contributed by atoms with Gasteiger partial charge in [-0.05, 0) is 42.7 Å². The number of unbranched alkanes of at least 4 members (excludes halogenated alkanes) is 1. The molecule has 2 aromatic rings. The molecule has 2 aromatic carbocycles. The molecule has 1 atom stereocenters. The van der Waals surface area contributed by atoms with Crippen LogP contribution in [0.5, 0.6) is 5.75 Å². The number of rotatable bonds is 10. The summed E-state index contributed by atoms with van der Waals surface area (Å²) in [6.07, 6.45) is 3.52. The van der Waals surface area contributed by atoms with Crippen molar-refractivity contribution in [3.05, 3.63) is 63.6 Å². The molecule has 2 amide bonds. The Labute approximate surface area is 193 Å². The lowest BCUT2D eigenvalue weighted by Crippen LogP contribution is -2.48. The summed E-state index contributed by atoms with van der Waals surface area (Å²) in [5.74, 6) is -0.316. The molecule has 0 bridgehead atoms. The van der Waals surface area contributed by atoms with Gasteiger partial charge in [-0.15, -0.1) is 0 Å². The lowest BCUT2D eigenvalue weighted by molar-refractivity contribution is -0.123. The van der Waals surface area contributed by atoms with Gasteiger partial charge in [0.1, 0.15) is 11.8 Å². The van der Waals surface area contributed by atoms with Crippen molar-refractivity contribution in [2.75, 3.05) is 6.61 Å². The maximum Gasteiger partial charge on any atom is 0.262 e. The van der Waals surface area contributed by atoms with Crippen LogP contribution in [0.2, 0.25) is 10.0 Å². The zero-order chi connectivity index (χ0) is 22.8. The Bertz CT molecular complexity index is 932. The van der Waals surface area contributed by atoms with Crippen LogP contribution in [-0.2, 0) is 4.79 Å². The van der Waals surface area contributed by atoms with Gasteiger partial charge in [0.15, 0.2) is 0 Å². The highest BCUT2D eigenvalue weighted by molar-refractivity contribution is 6.42. The Kier molecular flexibility index (Phi) is 9.82. The molecule has 1 unspecified atom stereocenters. The Morgan fingerprint density at radius 3 is 2.55 bits per heavy atom. The van der Waals surface area contributed by atoms with Crippen LogP contribution in [0.3, 0.4) is 0 Å². The third-order valence-electron chi connectivity index (χ3n) is 4.47. The van der Waals surface area contributed by atoms with Gasteiger partial charge in [-0.25, -0.2) is 5.43 Å². The smallest absolute Gasteiger partial charge is 0.262 e. The first-order chi connectivity index (χ1) is 14.8. The van der Waals surface area contributed by atoms with E-state index in [2.05, 4.69) is 22.8 Å². The van der Waals surface area contributed by atoms with Gasteiger partial charge >= 0.3 is 0 Å². The number of carbonyl (C=O) groups is 2. The number of hydrogen-bond acceptors (Lipinski definition) is 4. The molecule has 166 valence electrons. The summed E-state index contributed by atoms with van der Waals surface area (Å²) in [7, 11) is 0. The number of hydrazone groups is 1. The van der Waals surface area contributed by atoms with Crippen molar-refractivity contribution in [1.29, 1.82) is 0 Å². The Hall–Kier alpha value is -2.57. The molecule has 0 spiro atoms. The molecule has 0 aromatic heterocycles. The number of hydrogen-bond donors (Lipinski definition) is 2. The predicted molar refractivity (Wildman–Crippen MR) is 125 cm³/mol. The fourth-order valence-corrected chi connectivity index (χ4v) is 2.98. The summed E-state index contributed by atoms with van der Waals surface area (Å²) in [6, 6.07) is 11.2. The summed E-state index contributed by atoms with van der Waals surface area (Å²) in [5, 5.41) is 7.39. The molecule has 0 aliphatic rings. The summed E-state index contributed by atoms with van der Waals surface area (Å²) in [4.78, 5) is 25.2. The van der Waals surface area contributed by atoms with E-state index < -0.39 is 17.9 Å². The first-order valence-electron chi connectivity index (χ1n) is 10.1. The second-order valence-corrected chi connectivity index (χ2v) is 8.11. The third kappa shape index (κ3) is 7.56. The van der Waals surface area contributed by atoms with Crippen molar-refractivity contribution in [3.63, 3.8) is 0 Å². The van der Waals surface area contributed by atoms with E-state index in [0.29, 0.717) is 22.9 Å². The molecular weight excluding hydrogens is 437 g/mol. The van der Waals surface area contributed by atoms with Gasteiger partial charge in [-0.1, -0.05) is 62.5 Å². The number of ether oxygens (including phenoxy) is 1. The fraction of sp³-hybridized carbons (Fsp3) is 0.348. The van der Waals surface area contributed by atoms with Crippen molar-refractivity contribution in [3.8, 4) is 5.75 Å². The first kappa shape index (κ1) is 24.7. The van der Waals surface area contributed by atoms with E-state index in [9.17, 15) is 9.59 Å². The van der Waals surface area contributed by atoms with E-state index in [-0.39, 0.29) is 10.9 Å². The maximum atomic E-state index is 12.6. The van der Waals surface area contributed by atoms with Gasteiger partial charge in [0.25, 0.3) is 11.8 Å². The van der Waals surface area contributed by atoms with E-state index in [0.717, 1.165) is 18.4 Å². The number of para-hydroxylation sites is 1. The molecule has 0 saturated carbocycles. The summed E-state index contributed by atoms with van der Waals surface area (Å²) in [6.45, 7) is 6.38. The quantitative estimate of drug-likeness (QED) is 0.293. The molecule has 6 nitrogen and oxygen atoms in total. The summed E-state index contributed by atoms with van der Waals surface area (Å²) in [5.41, 5.74) is 3.56. The van der Waals surface area contributed by atoms with Crippen molar-refractivity contribution in [2.45, 2.75) is 39.7 Å². The highest BCUT2D eigenvalue weighted by atomic mass is 35.5. The van der Waals surface area contributed by atoms with Gasteiger partial charge in [0.2, 0.25) is 0 Å². The molecule has 0 radical (unpaired) electrons. The number of nitrogens with zero attached hydrogens (tertiary/aromatic N) is 1. The molecule has 0 saturated heterocycles. The van der Waals surface area contributed by atoms with Crippen molar-refractivity contribution in [2.24, 2.45) is 11.0 Å². The molecular formula is C23H27Cl2N3O3. The molecule has 2 rings (SSSR count). The molecule has 31 heavy (non-hydrogen) atoms. The van der Waals surface area contributed by atoms with E-state index >= 15 is 0 Å². The first-order valence-corrected chi connectivity index (χ1v) is 10.9. The van der Waals surface area contributed by atoms with Crippen LogP contribution in [0.15, 0.2) is 47.6 Å². The van der Waals surface area contributed by atoms with Gasteiger partial charge in [0, 0.05) is 11.1 Å². The second-order valence-electron chi connectivity index (χ2n) is 7.30. The number of benzene rings is 2. The molecule has 0 fully saturated rings. The lowest BCUT2D eigenvalue weighted by Gasteiger charge is -2.20. The fourth-order valence-electron chi connectivity index (χ4n) is 2.68. The van der Waals surface area contributed by atoms with Gasteiger partial charge < -0.3 is 10.1 Å². The molecule has 0 aliphatic heterocycles. The Morgan fingerprint density at radius 1 is 1.13 bits per heavy atom. The normalized spacial score (nSPS) is 12.1. The average molecular weight is 464 g/mol. The number of halogens is 2. The highest BCUT2D eigenvalue weighted by Crippen LogP contribution is 2.22. The largest absolute Gasteiger partial charge is 0.493 e. The minimum atomic E-state index is -0.782. The van der Waals surface area contributed by atoms with Crippen LogP contribution in [0, 0.1) is 5.92 Å². The minimum absolute atomic E-state index is 0.161. The zero-order valence-corrected chi connectivity index (χ0v) is 19.3. The van der Waals surface area contributed by atoms with E-state index in [1.165, 1.54) is 18.3 Å². The molecule has 2 N–H and O–H groups in total. The van der Waals surface area contributed by atoms with E-state index in [4.69, 9.17) is 27.9 Å². The van der Waals surface area contributed by atoms with Crippen LogP contribution in [0.1, 0.15) is 49.5 Å².